The van der Waals surface area contributed by atoms with Crippen LogP contribution in [0.2, 0.25) is 0 Å². The van der Waals surface area contributed by atoms with Gasteiger partial charge in [-0.15, -0.1) is 0 Å². The minimum Gasteiger partial charge on any atom is -0.480 e. The van der Waals surface area contributed by atoms with Gasteiger partial charge in [0.25, 0.3) is 0 Å². The molecular formula is C18H28N2O3. The molecule has 0 bridgehead atoms. The minimum atomic E-state index is -0.966. The van der Waals surface area contributed by atoms with Gasteiger partial charge in [-0.2, -0.15) is 0 Å². The lowest BCUT2D eigenvalue weighted by Gasteiger charge is -2.23. The van der Waals surface area contributed by atoms with E-state index in [2.05, 4.69) is 17.1 Å². The normalized spacial score (nSPS) is 13.2. The van der Waals surface area contributed by atoms with Crippen LogP contribution in [0.1, 0.15) is 40.0 Å². The molecule has 23 heavy (non-hydrogen) atoms. The van der Waals surface area contributed by atoms with Crippen molar-refractivity contribution < 1.29 is 14.7 Å². The zero-order valence-electron chi connectivity index (χ0n) is 14.3. The van der Waals surface area contributed by atoms with Gasteiger partial charge in [0.05, 0.1) is 0 Å². The van der Waals surface area contributed by atoms with Gasteiger partial charge in [0.15, 0.2) is 0 Å². The maximum Gasteiger partial charge on any atom is 0.326 e. The highest BCUT2D eigenvalue weighted by atomic mass is 16.4. The molecule has 1 aromatic carbocycles. The number of nitrogens with zero attached hydrogens (tertiary/aromatic N) is 1. The molecule has 0 saturated carbocycles. The second kappa shape index (κ2) is 9.87. The molecule has 2 N–H and O–H groups in total. The summed E-state index contributed by atoms with van der Waals surface area (Å²) in [4.78, 5) is 25.4. The summed E-state index contributed by atoms with van der Waals surface area (Å²) in [6.45, 7) is 7.49. The van der Waals surface area contributed by atoms with E-state index in [9.17, 15) is 14.7 Å². The molecular weight excluding hydrogens is 292 g/mol. The van der Waals surface area contributed by atoms with Gasteiger partial charge in [0.1, 0.15) is 6.04 Å². The second-order valence-corrected chi connectivity index (χ2v) is 5.79. The van der Waals surface area contributed by atoms with E-state index in [4.69, 9.17) is 0 Å². The third-order valence-electron chi connectivity index (χ3n) is 4.13. The monoisotopic (exact) mass is 320 g/mol. The fraction of sp³-hybridized carbons (Fsp3) is 0.556. The maximum absolute atomic E-state index is 12.0. The van der Waals surface area contributed by atoms with Gasteiger partial charge >= 0.3 is 5.97 Å². The van der Waals surface area contributed by atoms with E-state index < -0.39 is 12.0 Å². The summed E-state index contributed by atoms with van der Waals surface area (Å²) in [7, 11) is 0. The molecule has 0 aliphatic rings. The minimum absolute atomic E-state index is 0.0760. The summed E-state index contributed by atoms with van der Waals surface area (Å²) in [5.41, 5.74) is 1.14. The topological polar surface area (TPSA) is 69.6 Å². The molecule has 0 aromatic heterocycles. The molecule has 0 spiro atoms. The number of rotatable bonds is 10. The number of nitrogens with one attached hydrogen (secondary N) is 1. The number of aliphatic carboxylic acids is 1. The van der Waals surface area contributed by atoms with E-state index in [1.54, 1.807) is 0 Å². The predicted octanol–water partition coefficient (Wildman–Crippen LogP) is 2.91. The van der Waals surface area contributed by atoms with Gasteiger partial charge < -0.3 is 15.3 Å². The number of carboxylic acid groups (broad SMARTS) is 1. The highest BCUT2D eigenvalue weighted by molar-refractivity contribution is 5.83. The summed E-state index contributed by atoms with van der Waals surface area (Å²) in [5.74, 6) is -1.23. The highest BCUT2D eigenvalue weighted by Gasteiger charge is 2.24. The van der Waals surface area contributed by atoms with E-state index in [1.165, 1.54) is 0 Å². The van der Waals surface area contributed by atoms with Gasteiger partial charge in [0.2, 0.25) is 5.91 Å². The molecule has 0 fully saturated rings. The molecule has 1 rings (SSSR count). The Labute approximate surface area is 138 Å². The Morgan fingerprint density at radius 1 is 1.22 bits per heavy atom. The molecule has 2 atom stereocenters. The van der Waals surface area contributed by atoms with Crippen LogP contribution >= 0.6 is 0 Å². The van der Waals surface area contributed by atoms with Crippen molar-refractivity contribution in [2.45, 2.75) is 46.1 Å². The van der Waals surface area contributed by atoms with Gasteiger partial charge in [-0.3, -0.25) is 4.79 Å². The van der Waals surface area contributed by atoms with E-state index in [0.29, 0.717) is 12.8 Å². The fourth-order valence-electron chi connectivity index (χ4n) is 2.47. The van der Waals surface area contributed by atoms with Crippen LogP contribution in [-0.2, 0) is 9.59 Å². The number of hydrogen-bond donors (Lipinski definition) is 2. The lowest BCUT2D eigenvalue weighted by molar-refractivity contribution is -0.143. The van der Waals surface area contributed by atoms with Crippen LogP contribution < -0.4 is 10.2 Å². The van der Waals surface area contributed by atoms with E-state index in [1.807, 2.05) is 44.2 Å². The smallest absolute Gasteiger partial charge is 0.326 e. The van der Waals surface area contributed by atoms with Crippen molar-refractivity contribution in [3.8, 4) is 0 Å². The van der Waals surface area contributed by atoms with Crippen LogP contribution in [0.4, 0.5) is 5.69 Å². The fourth-order valence-corrected chi connectivity index (χ4v) is 2.47. The molecule has 0 heterocycles. The van der Waals surface area contributed by atoms with Crippen molar-refractivity contribution >= 4 is 17.6 Å². The van der Waals surface area contributed by atoms with Gasteiger partial charge in [-0.25, -0.2) is 4.79 Å². The molecule has 0 saturated heterocycles. The Hall–Kier alpha value is -2.04. The molecule has 5 heteroatoms. The number of para-hydroxylation sites is 1. The first kappa shape index (κ1) is 19.0. The van der Waals surface area contributed by atoms with Crippen LogP contribution in [0.15, 0.2) is 30.3 Å². The molecule has 1 aromatic rings. The largest absolute Gasteiger partial charge is 0.480 e. The number of anilines is 1. The molecule has 128 valence electrons. The van der Waals surface area contributed by atoms with Gasteiger partial charge in [0, 0.05) is 25.2 Å². The van der Waals surface area contributed by atoms with Crippen LogP contribution in [0.25, 0.3) is 0 Å². The van der Waals surface area contributed by atoms with E-state index in [0.717, 1.165) is 25.2 Å². The van der Waals surface area contributed by atoms with Gasteiger partial charge in [-0.1, -0.05) is 38.5 Å². The number of amides is 1. The number of carbonyl (C=O) groups excluding carboxylic acids is 1. The molecule has 2 unspecified atom stereocenters. The average Bonchev–Trinajstić information content (AvgIpc) is 2.56. The van der Waals surface area contributed by atoms with Crippen molar-refractivity contribution in [3.63, 3.8) is 0 Å². The van der Waals surface area contributed by atoms with Crippen LogP contribution in [0, 0.1) is 5.92 Å². The predicted molar refractivity (Wildman–Crippen MR) is 92.6 cm³/mol. The van der Waals surface area contributed by atoms with Crippen molar-refractivity contribution in [3.05, 3.63) is 30.3 Å². The average molecular weight is 320 g/mol. The number of carboxylic acids is 1. The molecule has 0 radical (unpaired) electrons. The lowest BCUT2D eigenvalue weighted by Crippen LogP contribution is -2.45. The van der Waals surface area contributed by atoms with E-state index >= 15 is 0 Å². The van der Waals surface area contributed by atoms with Crippen LogP contribution in [0.3, 0.4) is 0 Å². The zero-order valence-corrected chi connectivity index (χ0v) is 14.3. The zero-order chi connectivity index (χ0) is 17.2. The highest BCUT2D eigenvalue weighted by Crippen LogP contribution is 2.14. The Bertz CT molecular complexity index is 490. The summed E-state index contributed by atoms with van der Waals surface area (Å²) < 4.78 is 0. The number of benzene rings is 1. The first-order valence-corrected chi connectivity index (χ1v) is 8.31. The molecule has 0 aliphatic carbocycles. The quantitative estimate of drug-likeness (QED) is 0.695. The van der Waals surface area contributed by atoms with Crippen LogP contribution in [-0.4, -0.2) is 36.1 Å². The standard InChI is InChI=1S/C18H28N2O3/c1-4-14(3)17(18(22)23)19-16(21)12-9-13-20(5-2)15-10-7-6-8-11-15/h6-8,10-11,14,17H,4-5,9,12-13H2,1-3H3,(H,19,21)(H,22,23). The summed E-state index contributed by atoms with van der Waals surface area (Å²) >= 11 is 0. The number of carbonyl (C=O) groups is 2. The Kier molecular flexibility index (Phi) is 8.16. The summed E-state index contributed by atoms with van der Waals surface area (Å²) in [5, 5.41) is 11.8. The third kappa shape index (κ3) is 6.30. The summed E-state index contributed by atoms with van der Waals surface area (Å²) in [6.07, 6.45) is 1.75. The third-order valence-corrected chi connectivity index (χ3v) is 4.13. The van der Waals surface area contributed by atoms with Gasteiger partial charge in [-0.05, 0) is 31.4 Å². The lowest BCUT2D eigenvalue weighted by atomic mass is 9.99. The maximum atomic E-state index is 12.0. The Morgan fingerprint density at radius 3 is 2.39 bits per heavy atom. The summed E-state index contributed by atoms with van der Waals surface area (Å²) in [6, 6.07) is 9.26. The van der Waals surface area contributed by atoms with Crippen molar-refractivity contribution in [2.24, 2.45) is 5.92 Å². The van der Waals surface area contributed by atoms with Crippen molar-refractivity contribution in [2.75, 3.05) is 18.0 Å². The SMILES string of the molecule is CCC(C)C(NC(=O)CCCN(CC)c1ccccc1)C(=O)O. The molecule has 0 aliphatic heterocycles. The van der Waals surface area contributed by atoms with Crippen LogP contribution in [0.5, 0.6) is 0 Å². The number of hydrogen-bond acceptors (Lipinski definition) is 3. The van der Waals surface area contributed by atoms with Crippen molar-refractivity contribution in [1.29, 1.82) is 0 Å². The Balaban J connectivity index is 2.44. The Morgan fingerprint density at radius 2 is 1.87 bits per heavy atom. The van der Waals surface area contributed by atoms with Crippen molar-refractivity contribution in [1.82, 2.24) is 5.32 Å². The molecule has 5 nitrogen and oxygen atoms in total. The molecule has 1 amide bonds. The van der Waals surface area contributed by atoms with E-state index in [-0.39, 0.29) is 11.8 Å². The first-order chi connectivity index (χ1) is 11.0. The first-order valence-electron chi connectivity index (χ1n) is 8.31. The second-order valence-electron chi connectivity index (χ2n) is 5.79.